The summed E-state index contributed by atoms with van der Waals surface area (Å²) < 4.78 is 2.05. The fourth-order valence-electron chi connectivity index (χ4n) is 2.29. The van der Waals surface area contributed by atoms with Gasteiger partial charge in [0.2, 0.25) is 0 Å². The summed E-state index contributed by atoms with van der Waals surface area (Å²) in [6.07, 6.45) is 2.89. The third-order valence-electron chi connectivity index (χ3n) is 3.63. The van der Waals surface area contributed by atoms with Gasteiger partial charge in [-0.2, -0.15) is 0 Å². The van der Waals surface area contributed by atoms with Crippen LogP contribution < -0.4 is 11.1 Å². The van der Waals surface area contributed by atoms with E-state index in [-0.39, 0.29) is 5.41 Å². The topological polar surface area (TPSA) is 55.9 Å². The van der Waals surface area contributed by atoms with Gasteiger partial charge in [-0.1, -0.05) is 19.9 Å². The highest BCUT2D eigenvalue weighted by Gasteiger charge is 2.20. The Hall–Kier alpha value is -1.39. The van der Waals surface area contributed by atoms with Crippen molar-refractivity contribution < 1.29 is 0 Å². The summed E-state index contributed by atoms with van der Waals surface area (Å²) >= 11 is 0. The van der Waals surface area contributed by atoms with E-state index >= 15 is 0 Å². The molecule has 3 N–H and O–H groups in total. The highest BCUT2D eigenvalue weighted by atomic mass is 15.0. The molecule has 0 atom stereocenters. The monoisotopic (exact) mass is 260 g/mol. The second-order valence-corrected chi connectivity index (χ2v) is 5.76. The summed E-state index contributed by atoms with van der Waals surface area (Å²) in [6.45, 7) is 7.18. The number of hydrogen-bond donors (Lipinski definition) is 2. The number of nitrogens with two attached hydrogens (primary N) is 1. The van der Waals surface area contributed by atoms with Crippen molar-refractivity contribution in [1.29, 1.82) is 0 Å². The van der Waals surface area contributed by atoms with Crippen LogP contribution in [0.1, 0.15) is 25.8 Å². The smallest absolute Gasteiger partial charge is 0.0955 e. The van der Waals surface area contributed by atoms with E-state index in [2.05, 4.69) is 42.3 Å². The zero-order valence-corrected chi connectivity index (χ0v) is 12.1. The van der Waals surface area contributed by atoms with Gasteiger partial charge >= 0.3 is 0 Å². The van der Waals surface area contributed by atoms with Crippen molar-refractivity contribution in [3.63, 3.8) is 0 Å². The molecule has 0 aliphatic rings. The molecular weight excluding hydrogens is 236 g/mol. The van der Waals surface area contributed by atoms with Crippen molar-refractivity contribution in [2.75, 3.05) is 19.6 Å². The molecule has 0 unspecified atom stereocenters. The van der Waals surface area contributed by atoms with Gasteiger partial charge in [0.1, 0.15) is 0 Å². The lowest BCUT2D eigenvalue weighted by molar-refractivity contribution is 0.467. The maximum absolute atomic E-state index is 5.50. The lowest BCUT2D eigenvalue weighted by atomic mass is 9.84. The van der Waals surface area contributed by atoms with E-state index in [1.54, 1.807) is 0 Å². The van der Waals surface area contributed by atoms with Crippen LogP contribution in [0.5, 0.6) is 0 Å². The van der Waals surface area contributed by atoms with Crippen LogP contribution in [0.3, 0.4) is 0 Å². The van der Waals surface area contributed by atoms with Gasteiger partial charge in [-0.3, -0.25) is 0 Å². The van der Waals surface area contributed by atoms with Crippen molar-refractivity contribution in [2.45, 2.75) is 25.7 Å². The van der Waals surface area contributed by atoms with Crippen molar-refractivity contribution >= 4 is 11.0 Å². The number of hydrogen-bond acceptors (Lipinski definition) is 3. The quantitative estimate of drug-likeness (QED) is 0.779. The van der Waals surface area contributed by atoms with Gasteiger partial charge in [-0.05, 0) is 37.2 Å². The molecule has 1 aromatic heterocycles. The fraction of sp³-hybridized carbons (Fsp3) is 0.533. The molecule has 0 saturated heterocycles. The van der Waals surface area contributed by atoms with Crippen LogP contribution in [-0.4, -0.2) is 29.2 Å². The summed E-state index contributed by atoms with van der Waals surface area (Å²) in [7, 11) is 2.02. The minimum absolute atomic E-state index is 0.0975. The Morgan fingerprint density at radius 3 is 2.89 bits per heavy atom. The number of nitrogens with zero attached hydrogens (tertiary/aromatic N) is 2. The Labute approximate surface area is 115 Å². The van der Waals surface area contributed by atoms with E-state index in [1.165, 1.54) is 11.1 Å². The maximum Gasteiger partial charge on any atom is 0.0955 e. The SMILES string of the molecule is Cn1cnc2cc(C(C)(C)CNCCCN)ccc21. The first-order valence-corrected chi connectivity index (χ1v) is 6.87. The summed E-state index contributed by atoms with van der Waals surface area (Å²) in [4.78, 5) is 4.43. The Morgan fingerprint density at radius 1 is 1.37 bits per heavy atom. The minimum atomic E-state index is 0.0975. The summed E-state index contributed by atoms with van der Waals surface area (Å²) in [6, 6.07) is 6.55. The highest BCUT2D eigenvalue weighted by molar-refractivity contribution is 5.76. The normalized spacial score (nSPS) is 12.2. The minimum Gasteiger partial charge on any atom is -0.334 e. The van der Waals surface area contributed by atoms with Crippen molar-refractivity contribution in [3.05, 3.63) is 30.1 Å². The molecule has 1 aromatic carbocycles. The summed E-state index contributed by atoms with van der Waals surface area (Å²) in [5.74, 6) is 0. The Kier molecular flexibility index (Phi) is 4.22. The molecule has 19 heavy (non-hydrogen) atoms. The standard InChI is InChI=1S/C15H24N4/c1-15(2,10-17-8-4-7-16)12-5-6-14-13(9-12)18-11-19(14)3/h5-6,9,11,17H,4,7-8,10,16H2,1-3H3. The van der Waals surface area contributed by atoms with E-state index in [0.717, 1.165) is 31.6 Å². The average Bonchev–Trinajstić information content (AvgIpc) is 2.76. The van der Waals surface area contributed by atoms with Gasteiger partial charge in [-0.25, -0.2) is 4.98 Å². The van der Waals surface area contributed by atoms with Crippen LogP contribution >= 0.6 is 0 Å². The van der Waals surface area contributed by atoms with E-state index in [4.69, 9.17) is 5.73 Å². The van der Waals surface area contributed by atoms with E-state index in [9.17, 15) is 0 Å². The summed E-state index contributed by atoms with van der Waals surface area (Å²) in [5, 5.41) is 3.47. The van der Waals surface area contributed by atoms with Crippen LogP contribution in [0.2, 0.25) is 0 Å². The average molecular weight is 260 g/mol. The largest absolute Gasteiger partial charge is 0.334 e. The lowest BCUT2D eigenvalue weighted by Gasteiger charge is -2.26. The molecule has 4 nitrogen and oxygen atoms in total. The maximum atomic E-state index is 5.50. The molecule has 4 heteroatoms. The third-order valence-corrected chi connectivity index (χ3v) is 3.63. The number of aryl methyl sites for hydroxylation is 1. The Bertz CT molecular complexity index is 542. The van der Waals surface area contributed by atoms with Crippen molar-refractivity contribution in [3.8, 4) is 0 Å². The number of rotatable bonds is 6. The van der Waals surface area contributed by atoms with Gasteiger partial charge < -0.3 is 15.6 Å². The molecule has 0 aliphatic carbocycles. The molecule has 0 bridgehead atoms. The molecule has 104 valence electrons. The highest BCUT2D eigenvalue weighted by Crippen LogP contribution is 2.25. The van der Waals surface area contributed by atoms with Crippen LogP contribution in [0.15, 0.2) is 24.5 Å². The van der Waals surface area contributed by atoms with Gasteiger partial charge in [-0.15, -0.1) is 0 Å². The molecule has 0 radical (unpaired) electrons. The Morgan fingerprint density at radius 2 is 2.16 bits per heavy atom. The second kappa shape index (κ2) is 5.72. The molecule has 0 aliphatic heterocycles. The first-order chi connectivity index (χ1) is 9.04. The molecule has 0 amide bonds. The van der Waals surface area contributed by atoms with Gasteiger partial charge in [0.15, 0.2) is 0 Å². The molecule has 0 saturated carbocycles. The van der Waals surface area contributed by atoms with Crippen LogP contribution in [0.25, 0.3) is 11.0 Å². The third kappa shape index (κ3) is 3.14. The predicted molar refractivity (Wildman–Crippen MR) is 80.3 cm³/mol. The van der Waals surface area contributed by atoms with E-state index in [0.29, 0.717) is 0 Å². The van der Waals surface area contributed by atoms with Crippen molar-refractivity contribution in [2.24, 2.45) is 12.8 Å². The number of nitrogens with one attached hydrogen (secondary N) is 1. The van der Waals surface area contributed by atoms with Crippen LogP contribution in [0, 0.1) is 0 Å². The van der Waals surface area contributed by atoms with E-state index < -0.39 is 0 Å². The van der Waals surface area contributed by atoms with Gasteiger partial charge in [0.25, 0.3) is 0 Å². The number of benzene rings is 1. The van der Waals surface area contributed by atoms with Crippen molar-refractivity contribution in [1.82, 2.24) is 14.9 Å². The first-order valence-electron chi connectivity index (χ1n) is 6.87. The fourth-order valence-corrected chi connectivity index (χ4v) is 2.29. The van der Waals surface area contributed by atoms with Crippen LogP contribution in [-0.2, 0) is 12.5 Å². The van der Waals surface area contributed by atoms with Gasteiger partial charge in [0, 0.05) is 19.0 Å². The molecule has 1 heterocycles. The first kappa shape index (κ1) is 14.0. The zero-order chi connectivity index (χ0) is 13.9. The van der Waals surface area contributed by atoms with Gasteiger partial charge in [0.05, 0.1) is 17.4 Å². The molecule has 2 aromatic rings. The second-order valence-electron chi connectivity index (χ2n) is 5.76. The molecule has 0 spiro atoms. The lowest BCUT2D eigenvalue weighted by Crippen LogP contribution is -2.34. The molecule has 0 fully saturated rings. The van der Waals surface area contributed by atoms with E-state index in [1.807, 2.05) is 17.9 Å². The molecule has 2 rings (SSSR count). The number of fused-ring (bicyclic) bond motifs is 1. The molecular formula is C15H24N4. The number of aromatic nitrogens is 2. The number of imidazole rings is 1. The summed E-state index contributed by atoms with van der Waals surface area (Å²) in [5.41, 5.74) is 9.16. The Balaban J connectivity index is 2.12. The predicted octanol–water partition coefficient (Wildman–Crippen LogP) is 1.79. The van der Waals surface area contributed by atoms with Crippen LogP contribution in [0.4, 0.5) is 0 Å². The zero-order valence-electron chi connectivity index (χ0n) is 12.1.